The molecule has 1 heterocycles. The van der Waals surface area contributed by atoms with Gasteiger partial charge in [-0.05, 0) is 53.8 Å². The Hall–Kier alpha value is -2.59. The number of methoxy groups -OCH3 is 1. The molecule has 0 aliphatic carbocycles. The molecule has 0 atom stereocenters. The minimum atomic E-state index is 0.484. The van der Waals surface area contributed by atoms with Gasteiger partial charge in [0.05, 0.1) is 7.11 Å². The van der Waals surface area contributed by atoms with E-state index in [1.165, 1.54) is 30.0 Å². The number of hydrogen-bond acceptors (Lipinski definition) is 3. The van der Waals surface area contributed by atoms with E-state index in [9.17, 15) is 0 Å². The van der Waals surface area contributed by atoms with E-state index >= 15 is 0 Å². The molecule has 1 aliphatic rings. The van der Waals surface area contributed by atoms with Crippen molar-refractivity contribution in [1.82, 2.24) is 4.90 Å². The molecule has 3 aromatic carbocycles. The third-order valence-electron chi connectivity index (χ3n) is 5.32. The summed E-state index contributed by atoms with van der Waals surface area (Å²) in [6.07, 6.45) is 3.71. The summed E-state index contributed by atoms with van der Waals surface area (Å²) in [5, 5.41) is 2.43. The van der Waals surface area contributed by atoms with Crippen molar-refractivity contribution in [2.45, 2.75) is 25.9 Å². The molecule has 0 amide bonds. The summed E-state index contributed by atoms with van der Waals surface area (Å²) in [5.74, 6) is 1.46. The topological polar surface area (TPSA) is 21.7 Å². The van der Waals surface area contributed by atoms with Gasteiger partial charge in [0.25, 0.3) is 0 Å². The molecule has 28 heavy (non-hydrogen) atoms. The largest absolute Gasteiger partial charge is 0.493 e. The van der Waals surface area contributed by atoms with Crippen LogP contribution in [0.3, 0.4) is 0 Å². The maximum atomic E-state index is 6.20. The lowest BCUT2D eigenvalue weighted by Gasteiger charge is -2.29. The zero-order chi connectivity index (χ0) is 19.3. The maximum absolute atomic E-state index is 6.20. The van der Waals surface area contributed by atoms with Gasteiger partial charge >= 0.3 is 0 Å². The highest BCUT2D eigenvalue weighted by Crippen LogP contribution is 2.31. The lowest BCUT2D eigenvalue weighted by Crippen LogP contribution is -2.34. The Morgan fingerprint density at radius 1 is 0.929 bits per heavy atom. The monoisotopic (exact) mass is 391 g/mol. The van der Waals surface area contributed by atoms with Gasteiger partial charge in [0.15, 0.2) is 11.5 Å². The molecule has 3 nitrogen and oxygen atoms in total. The zero-order valence-corrected chi connectivity index (χ0v) is 17.0. The Labute approximate surface area is 171 Å². The van der Waals surface area contributed by atoms with Crippen LogP contribution in [-0.4, -0.2) is 30.1 Å². The number of likely N-dealkylation sites (tertiary alicyclic amines) is 1. The summed E-state index contributed by atoms with van der Waals surface area (Å²) < 4.78 is 11.7. The molecule has 0 unspecified atom stereocenters. The first-order chi connectivity index (χ1) is 13.8. The first-order valence-corrected chi connectivity index (χ1v) is 10.2. The standard InChI is InChI=1S/C24H25NO2S/c1-26-22-13-12-19(24(28)25-14-5-2-6-15-25)16-23(22)27-17-20-10-7-9-18-8-3-4-11-21(18)20/h3-4,7-13,16H,2,5-6,14-15,17H2,1H3. The summed E-state index contributed by atoms with van der Waals surface area (Å²) in [6.45, 7) is 2.56. The lowest BCUT2D eigenvalue weighted by atomic mass is 10.1. The first-order valence-electron chi connectivity index (χ1n) is 9.83. The minimum absolute atomic E-state index is 0.484. The van der Waals surface area contributed by atoms with Crippen LogP contribution in [0.25, 0.3) is 10.8 Å². The molecule has 144 valence electrons. The van der Waals surface area contributed by atoms with Crippen LogP contribution in [0.1, 0.15) is 30.4 Å². The van der Waals surface area contributed by atoms with Gasteiger partial charge < -0.3 is 14.4 Å². The number of piperidine rings is 1. The fourth-order valence-corrected chi connectivity index (χ4v) is 4.09. The molecular weight excluding hydrogens is 366 g/mol. The van der Waals surface area contributed by atoms with Crippen molar-refractivity contribution in [2.24, 2.45) is 0 Å². The molecule has 0 N–H and O–H groups in total. The van der Waals surface area contributed by atoms with Crippen LogP contribution in [0.5, 0.6) is 11.5 Å². The molecule has 0 bridgehead atoms. The molecule has 0 aromatic heterocycles. The van der Waals surface area contributed by atoms with Crippen LogP contribution >= 0.6 is 12.2 Å². The minimum Gasteiger partial charge on any atom is -0.493 e. The highest BCUT2D eigenvalue weighted by Gasteiger charge is 2.17. The van der Waals surface area contributed by atoms with E-state index in [2.05, 4.69) is 47.4 Å². The van der Waals surface area contributed by atoms with Gasteiger partial charge in [0.2, 0.25) is 0 Å². The van der Waals surface area contributed by atoms with E-state index in [1.807, 2.05) is 18.2 Å². The van der Waals surface area contributed by atoms with E-state index in [1.54, 1.807) is 7.11 Å². The van der Waals surface area contributed by atoms with Crippen molar-refractivity contribution >= 4 is 28.0 Å². The molecule has 0 spiro atoms. The van der Waals surface area contributed by atoms with E-state index in [-0.39, 0.29) is 0 Å². The number of nitrogens with zero attached hydrogens (tertiary/aromatic N) is 1. The van der Waals surface area contributed by atoms with Gasteiger partial charge in [0, 0.05) is 18.7 Å². The third kappa shape index (κ3) is 3.97. The first kappa shape index (κ1) is 18.8. The molecule has 4 rings (SSSR count). The maximum Gasteiger partial charge on any atom is 0.162 e. The summed E-state index contributed by atoms with van der Waals surface area (Å²) in [4.78, 5) is 3.20. The van der Waals surface area contributed by atoms with Crippen LogP contribution in [0.2, 0.25) is 0 Å². The van der Waals surface area contributed by atoms with Crippen molar-refractivity contribution in [3.63, 3.8) is 0 Å². The van der Waals surface area contributed by atoms with Gasteiger partial charge in [-0.1, -0.05) is 54.7 Å². The highest BCUT2D eigenvalue weighted by molar-refractivity contribution is 7.80. The third-order valence-corrected chi connectivity index (χ3v) is 5.81. The normalized spacial score (nSPS) is 14.1. The zero-order valence-electron chi connectivity index (χ0n) is 16.2. The number of benzene rings is 3. The molecule has 1 fully saturated rings. The number of ether oxygens (including phenoxy) is 2. The molecular formula is C24H25NO2S. The Morgan fingerprint density at radius 3 is 2.54 bits per heavy atom. The summed E-state index contributed by atoms with van der Waals surface area (Å²) in [7, 11) is 1.67. The Kier molecular flexibility index (Phi) is 5.77. The second-order valence-electron chi connectivity index (χ2n) is 7.15. The fraction of sp³-hybridized carbons (Fsp3) is 0.292. The van der Waals surface area contributed by atoms with Gasteiger partial charge in [-0.2, -0.15) is 0 Å². The molecule has 1 aliphatic heterocycles. The lowest BCUT2D eigenvalue weighted by molar-refractivity contribution is 0.285. The summed E-state index contributed by atoms with van der Waals surface area (Å²) >= 11 is 5.75. The van der Waals surface area contributed by atoms with Gasteiger partial charge in [-0.15, -0.1) is 0 Å². The Morgan fingerprint density at radius 2 is 1.71 bits per heavy atom. The van der Waals surface area contributed by atoms with Crippen molar-refractivity contribution in [3.05, 3.63) is 71.8 Å². The van der Waals surface area contributed by atoms with Crippen molar-refractivity contribution in [3.8, 4) is 11.5 Å². The quantitative estimate of drug-likeness (QED) is 0.529. The fourth-order valence-electron chi connectivity index (χ4n) is 3.78. The second-order valence-corrected chi connectivity index (χ2v) is 7.53. The Bertz CT molecular complexity index is 974. The average Bonchev–Trinajstić information content (AvgIpc) is 2.77. The number of fused-ring (bicyclic) bond motifs is 1. The molecule has 0 saturated carbocycles. The predicted octanol–water partition coefficient (Wildman–Crippen LogP) is 5.59. The van der Waals surface area contributed by atoms with Crippen molar-refractivity contribution < 1.29 is 9.47 Å². The van der Waals surface area contributed by atoms with Crippen LogP contribution < -0.4 is 9.47 Å². The van der Waals surface area contributed by atoms with E-state index in [4.69, 9.17) is 21.7 Å². The van der Waals surface area contributed by atoms with E-state index in [0.717, 1.165) is 40.7 Å². The van der Waals surface area contributed by atoms with Crippen LogP contribution in [0.4, 0.5) is 0 Å². The average molecular weight is 392 g/mol. The molecule has 4 heteroatoms. The van der Waals surface area contributed by atoms with E-state index in [0.29, 0.717) is 6.61 Å². The number of thiocarbonyl (C=S) groups is 1. The van der Waals surface area contributed by atoms with Crippen LogP contribution in [0, 0.1) is 0 Å². The smallest absolute Gasteiger partial charge is 0.162 e. The summed E-state index contributed by atoms with van der Waals surface area (Å²) in [6, 6.07) is 20.7. The Balaban J connectivity index is 1.57. The van der Waals surface area contributed by atoms with Gasteiger partial charge in [0.1, 0.15) is 11.6 Å². The van der Waals surface area contributed by atoms with Crippen molar-refractivity contribution in [1.29, 1.82) is 0 Å². The van der Waals surface area contributed by atoms with Gasteiger partial charge in [-0.3, -0.25) is 0 Å². The number of rotatable bonds is 5. The summed E-state index contributed by atoms with van der Waals surface area (Å²) in [5.41, 5.74) is 2.18. The number of hydrogen-bond donors (Lipinski definition) is 0. The van der Waals surface area contributed by atoms with Gasteiger partial charge in [-0.25, -0.2) is 0 Å². The second kappa shape index (κ2) is 8.61. The predicted molar refractivity (Wildman–Crippen MR) is 118 cm³/mol. The SMILES string of the molecule is COc1ccc(C(=S)N2CCCCC2)cc1OCc1cccc2ccccc12. The van der Waals surface area contributed by atoms with Crippen molar-refractivity contribution in [2.75, 3.05) is 20.2 Å². The van der Waals surface area contributed by atoms with Crippen LogP contribution in [0.15, 0.2) is 60.7 Å². The van der Waals surface area contributed by atoms with Crippen LogP contribution in [-0.2, 0) is 6.61 Å². The molecule has 0 radical (unpaired) electrons. The highest BCUT2D eigenvalue weighted by atomic mass is 32.1. The molecule has 3 aromatic rings. The van der Waals surface area contributed by atoms with E-state index < -0.39 is 0 Å². The molecule has 1 saturated heterocycles.